The molecule has 4 aliphatic rings. The van der Waals surface area contributed by atoms with E-state index in [1.165, 1.54) is 23.7 Å². The lowest BCUT2D eigenvalue weighted by atomic mass is 10.1. The monoisotopic (exact) mass is 94.1 g/mol. The second-order valence-electron chi connectivity index (χ2n) is 3.56. The van der Waals surface area contributed by atoms with E-state index in [2.05, 4.69) is 0 Å². The molecular weight excluding hydrogens is 84.1 g/mol. The van der Waals surface area contributed by atoms with Gasteiger partial charge in [-0.05, 0) is 42.9 Å². The van der Waals surface area contributed by atoms with Crippen molar-refractivity contribution in [2.45, 2.75) is 19.3 Å². The highest BCUT2D eigenvalue weighted by Gasteiger charge is 2.62. The molecule has 0 aromatic carbocycles. The van der Waals surface area contributed by atoms with Crippen LogP contribution in [0, 0.1) is 23.7 Å². The maximum absolute atomic E-state index is 1.62. The first-order chi connectivity index (χ1) is 3.45. The summed E-state index contributed by atoms with van der Waals surface area (Å²) < 4.78 is 0. The third kappa shape index (κ3) is 0.198. The smallest absolute Gasteiger partial charge is 0.0349 e. The highest BCUT2D eigenvalue weighted by Crippen LogP contribution is 2.70. The van der Waals surface area contributed by atoms with Crippen molar-refractivity contribution in [2.75, 3.05) is 0 Å². The average molecular weight is 94.2 g/mol. The second-order valence-corrected chi connectivity index (χ2v) is 3.56. The topological polar surface area (TPSA) is 0 Å². The fraction of sp³-hybridized carbons (Fsp3) is 1.00. The van der Waals surface area contributed by atoms with Crippen LogP contribution in [0.1, 0.15) is 19.3 Å². The molecule has 4 rings (SSSR count). The van der Waals surface area contributed by atoms with Crippen LogP contribution in [0.3, 0.4) is 0 Å². The first-order valence-corrected chi connectivity index (χ1v) is 3.45. The van der Waals surface area contributed by atoms with Gasteiger partial charge in [-0.15, -0.1) is 0 Å². The summed E-state index contributed by atoms with van der Waals surface area (Å²) in [4.78, 5) is 0. The first kappa shape index (κ1) is 3.11. The SMILES string of the molecule is C1C2CC3C1C3C2. The second kappa shape index (κ2) is 0.667. The highest BCUT2D eigenvalue weighted by molar-refractivity contribution is 5.11. The molecule has 0 spiro atoms. The molecule has 0 aromatic rings. The van der Waals surface area contributed by atoms with Gasteiger partial charge in [-0.1, -0.05) is 0 Å². The van der Waals surface area contributed by atoms with Gasteiger partial charge >= 0.3 is 0 Å². The summed E-state index contributed by atoms with van der Waals surface area (Å²) in [7, 11) is 0. The third-order valence-electron chi connectivity index (χ3n) is 3.33. The zero-order valence-corrected chi connectivity index (χ0v) is 4.43. The Morgan fingerprint density at radius 2 is 1.14 bits per heavy atom. The van der Waals surface area contributed by atoms with Gasteiger partial charge in [0.15, 0.2) is 0 Å². The molecule has 0 unspecified atom stereocenters. The van der Waals surface area contributed by atoms with Crippen molar-refractivity contribution in [3.05, 3.63) is 0 Å². The Hall–Kier alpha value is 0. The minimum Gasteiger partial charge on any atom is -0.0470 e. The van der Waals surface area contributed by atoms with Crippen molar-refractivity contribution in [2.24, 2.45) is 23.7 Å². The third-order valence-corrected chi connectivity index (χ3v) is 3.33. The minimum atomic E-state index is 1.21. The predicted molar refractivity (Wildman–Crippen MR) is 27.8 cm³/mol. The van der Waals surface area contributed by atoms with Gasteiger partial charge in [0.1, 0.15) is 0 Å². The van der Waals surface area contributed by atoms with Gasteiger partial charge in [0.2, 0.25) is 0 Å². The summed E-state index contributed by atoms with van der Waals surface area (Å²) in [5.41, 5.74) is 0. The number of hydrogen-bond donors (Lipinski definition) is 0. The fourth-order valence-corrected chi connectivity index (χ4v) is 3.02. The lowest BCUT2D eigenvalue weighted by Crippen LogP contribution is -1.79. The molecule has 4 saturated carbocycles. The van der Waals surface area contributed by atoms with Gasteiger partial charge < -0.3 is 0 Å². The van der Waals surface area contributed by atoms with E-state index in [4.69, 9.17) is 0 Å². The van der Waals surface area contributed by atoms with Crippen LogP contribution in [0.4, 0.5) is 0 Å². The molecule has 4 aliphatic carbocycles. The van der Waals surface area contributed by atoms with Crippen molar-refractivity contribution < 1.29 is 0 Å². The summed E-state index contributed by atoms with van der Waals surface area (Å²) in [6.45, 7) is 0. The number of rotatable bonds is 0. The average Bonchev–Trinajstić information content (AvgIpc) is 2.10. The van der Waals surface area contributed by atoms with Crippen molar-refractivity contribution >= 4 is 0 Å². The standard InChI is InChI=1S/C7H10/c1-4-2-6-5(1)7(6)3-4/h4-7H,1-3H2. The molecule has 4 fully saturated rings. The van der Waals surface area contributed by atoms with E-state index < -0.39 is 0 Å². The highest BCUT2D eigenvalue weighted by atomic mass is 14.7. The quantitative estimate of drug-likeness (QED) is 0.428. The van der Waals surface area contributed by atoms with E-state index >= 15 is 0 Å². The van der Waals surface area contributed by atoms with E-state index in [1.54, 1.807) is 19.3 Å². The molecule has 0 heterocycles. The fourth-order valence-electron chi connectivity index (χ4n) is 3.02. The van der Waals surface area contributed by atoms with Crippen LogP contribution >= 0.6 is 0 Å². The van der Waals surface area contributed by atoms with Gasteiger partial charge in [-0.3, -0.25) is 0 Å². The summed E-state index contributed by atoms with van der Waals surface area (Å²) >= 11 is 0. The molecule has 0 aromatic heterocycles. The summed E-state index contributed by atoms with van der Waals surface area (Å²) in [5, 5.41) is 0. The van der Waals surface area contributed by atoms with Gasteiger partial charge in [0.05, 0.1) is 0 Å². The van der Waals surface area contributed by atoms with E-state index in [9.17, 15) is 0 Å². The molecule has 0 atom stereocenters. The molecule has 0 amide bonds. The maximum Gasteiger partial charge on any atom is -0.0349 e. The van der Waals surface area contributed by atoms with Crippen LogP contribution < -0.4 is 0 Å². The van der Waals surface area contributed by atoms with E-state index in [0.29, 0.717) is 0 Å². The molecule has 0 aliphatic heterocycles. The summed E-state index contributed by atoms with van der Waals surface area (Å²) in [5.74, 6) is 4.97. The van der Waals surface area contributed by atoms with E-state index in [0.717, 1.165) is 0 Å². The maximum atomic E-state index is 1.62. The van der Waals surface area contributed by atoms with Gasteiger partial charge in [-0.2, -0.15) is 0 Å². The zero-order valence-electron chi connectivity index (χ0n) is 4.43. The van der Waals surface area contributed by atoms with Crippen LogP contribution in [-0.4, -0.2) is 0 Å². The Balaban J connectivity index is 2.17. The van der Waals surface area contributed by atoms with Crippen LogP contribution in [0.5, 0.6) is 0 Å². The molecule has 0 N–H and O–H groups in total. The number of hydrogen-bond acceptors (Lipinski definition) is 0. The summed E-state index contributed by atoms with van der Waals surface area (Å²) in [6.07, 6.45) is 4.86. The Labute approximate surface area is 43.9 Å². The van der Waals surface area contributed by atoms with E-state index in [1.807, 2.05) is 0 Å². The van der Waals surface area contributed by atoms with E-state index in [-0.39, 0.29) is 0 Å². The molecule has 0 saturated heterocycles. The van der Waals surface area contributed by atoms with Gasteiger partial charge in [0.25, 0.3) is 0 Å². The van der Waals surface area contributed by atoms with Gasteiger partial charge in [0, 0.05) is 0 Å². The molecule has 0 heteroatoms. The zero-order chi connectivity index (χ0) is 4.43. The Morgan fingerprint density at radius 1 is 0.714 bits per heavy atom. The van der Waals surface area contributed by atoms with Crippen molar-refractivity contribution in [1.82, 2.24) is 0 Å². The van der Waals surface area contributed by atoms with Crippen LogP contribution in [0.25, 0.3) is 0 Å². The Kier molecular flexibility index (Phi) is 0.296. The van der Waals surface area contributed by atoms with Crippen molar-refractivity contribution in [3.8, 4) is 0 Å². The Morgan fingerprint density at radius 3 is 1.29 bits per heavy atom. The molecule has 0 radical (unpaired) electrons. The van der Waals surface area contributed by atoms with Crippen molar-refractivity contribution in [3.63, 3.8) is 0 Å². The lowest BCUT2D eigenvalue weighted by molar-refractivity contribution is 0.604. The molecule has 0 nitrogen and oxygen atoms in total. The molecule has 7 heavy (non-hydrogen) atoms. The molecule has 38 valence electrons. The van der Waals surface area contributed by atoms with Crippen LogP contribution in [-0.2, 0) is 0 Å². The predicted octanol–water partition coefficient (Wildman–Crippen LogP) is 1.66. The Bertz CT molecular complexity index is 87.4. The summed E-state index contributed by atoms with van der Waals surface area (Å²) in [6, 6.07) is 0. The van der Waals surface area contributed by atoms with Gasteiger partial charge in [-0.25, -0.2) is 0 Å². The normalized spacial score (nSPS) is 72.0. The largest absolute Gasteiger partial charge is 0.0470 e. The van der Waals surface area contributed by atoms with Crippen LogP contribution in [0.15, 0.2) is 0 Å². The minimum absolute atomic E-state index is 1.21. The van der Waals surface area contributed by atoms with Crippen LogP contribution in [0.2, 0.25) is 0 Å². The molecular formula is C7H10. The van der Waals surface area contributed by atoms with Crippen molar-refractivity contribution in [1.29, 1.82) is 0 Å². The first-order valence-electron chi connectivity index (χ1n) is 3.45. The molecule has 4 bridgehead atoms. The lowest BCUT2D eigenvalue weighted by Gasteiger charge is -1.91.